The lowest BCUT2D eigenvalue weighted by Gasteiger charge is -2.20. The van der Waals surface area contributed by atoms with Crippen molar-refractivity contribution in [3.05, 3.63) is 28.2 Å². The maximum absolute atomic E-state index is 6.43. The summed E-state index contributed by atoms with van der Waals surface area (Å²) in [5, 5.41) is 0. The molecule has 0 bridgehead atoms. The van der Waals surface area contributed by atoms with E-state index in [0.717, 1.165) is 35.6 Å². The Morgan fingerprint density at radius 1 is 1.24 bits per heavy atom. The topological polar surface area (TPSA) is 35.2 Å². The maximum atomic E-state index is 6.43. The largest absolute Gasteiger partial charge is 0.492 e. The lowest BCUT2D eigenvalue weighted by atomic mass is 9.90. The number of halogens is 1. The zero-order chi connectivity index (χ0) is 15.1. The molecule has 118 valence electrons. The van der Waals surface area contributed by atoms with Crippen molar-refractivity contribution in [1.82, 2.24) is 0 Å². The number of nitrogens with two attached hydrogens (primary N) is 1. The minimum atomic E-state index is 0.143. The average Bonchev–Trinajstić information content (AvgIpc) is 2.74. The molecule has 0 amide bonds. The van der Waals surface area contributed by atoms with E-state index < -0.39 is 0 Å². The van der Waals surface area contributed by atoms with Gasteiger partial charge in [0.05, 0.1) is 11.1 Å². The molecule has 0 aromatic heterocycles. The van der Waals surface area contributed by atoms with Gasteiger partial charge in [-0.1, -0.05) is 51.5 Å². The van der Waals surface area contributed by atoms with E-state index in [-0.39, 0.29) is 6.04 Å². The van der Waals surface area contributed by atoms with Crippen LogP contribution in [-0.4, -0.2) is 6.61 Å². The Balaban J connectivity index is 1.95. The van der Waals surface area contributed by atoms with Gasteiger partial charge in [0, 0.05) is 6.04 Å². The van der Waals surface area contributed by atoms with Crippen molar-refractivity contribution in [2.75, 3.05) is 6.61 Å². The predicted octanol–water partition coefficient (Wildman–Crippen LogP) is 5.60. The van der Waals surface area contributed by atoms with E-state index in [1.807, 2.05) is 6.07 Å². The number of hydrogen-bond donors (Lipinski definition) is 1. The molecule has 1 aromatic rings. The summed E-state index contributed by atoms with van der Waals surface area (Å²) in [6, 6.07) is 6.44. The second-order valence-electron chi connectivity index (χ2n) is 6.24. The normalized spacial score (nSPS) is 18.2. The summed E-state index contributed by atoms with van der Waals surface area (Å²) >= 11 is 3.60. The minimum absolute atomic E-state index is 0.143. The summed E-state index contributed by atoms with van der Waals surface area (Å²) in [4.78, 5) is 0. The van der Waals surface area contributed by atoms with E-state index in [0.29, 0.717) is 0 Å². The van der Waals surface area contributed by atoms with Crippen molar-refractivity contribution in [3.8, 4) is 5.75 Å². The molecule has 0 aliphatic heterocycles. The quantitative estimate of drug-likeness (QED) is 0.675. The third-order valence-electron chi connectivity index (χ3n) is 4.41. The first-order valence-electron chi connectivity index (χ1n) is 8.38. The first kappa shape index (κ1) is 16.8. The van der Waals surface area contributed by atoms with Gasteiger partial charge in [-0.25, -0.2) is 0 Å². The first-order chi connectivity index (χ1) is 10.2. The van der Waals surface area contributed by atoms with Crippen LogP contribution >= 0.6 is 15.9 Å². The van der Waals surface area contributed by atoms with Crippen LogP contribution in [0.3, 0.4) is 0 Å². The molecule has 0 saturated heterocycles. The summed E-state index contributed by atoms with van der Waals surface area (Å²) in [5.74, 6) is 1.72. The summed E-state index contributed by atoms with van der Waals surface area (Å²) in [7, 11) is 0. The molecule has 2 rings (SSSR count). The minimum Gasteiger partial charge on any atom is -0.492 e. The summed E-state index contributed by atoms with van der Waals surface area (Å²) < 4.78 is 6.72. The SMILES string of the molecule is CCCOc1ccc(C(N)CC2CCCCCC2)cc1Br. The fraction of sp³-hybridized carbons (Fsp3) is 0.667. The van der Waals surface area contributed by atoms with Gasteiger partial charge in [0.1, 0.15) is 5.75 Å². The van der Waals surface area contributed by atoms with Crippen LogP contribution in [0.2, 0.25) is 0 Å². The second kappa shape index (κ2) is 8.79. The van der Waals surface area contributed by atoms with Gasteiger partial charge >= 0.3 is 0 Å². The Hall–Kier alpha value is -0.540. The average molecular weight is 354 g/mol. The van der Waals surface area contributed by atoms with Gasteiger partial charge in [-0.05, 0) is 52.4 Å². The molecule has 1 aliphatic carbocycles. The smallest absolute Gasteiger partial charge is 0.133 e. The molecule has 0 radical (unpaired) electrons. The van der Waals surface area contributed by atoms with E-state index in [4.69, 9.17) is 10.5 Å². The number of rotatable bonds is 6. The molecule has 1 unspecified atom stereocenters. The highest BCUT2D eigenvalue weighted by atomic mass is 79.9. The van der Waals surface area contributed by atoms with E-state index >= 15 is 0 Å². The first-order valence-corrected chi connectivity index (χ1v) is 9.17. The molecule has 21 heavy (non-hydrogen) atoms. The third kappa shape index (κ3) is 5.30. The van der Waals surface area contributed by atoms with Gasteiger partial charge in [0.25, 0.3) is 0 Å². The molecule has 2 nitrogen and oxygen atoms in total. The van der Waals surface area contributed by atoms with Crippen LogP contribution in [0.25, 0.3) is 0 Å². The Labute approximate surface area is 137 Å². The van der Waals surface area contributed by atoms with Crippen LogP contribution in [0.4, 0.5) is 0 Å². The fourth-order valence-electron chi connectivity index (χ4n) is 3.17. The Morgan fingerprint density at radius 2 is 1.95 bits per heavy atom. The molecule has 1 atom stereocenters. The van der Waals surface area contributed by atoms with E-state index in [2.05, 4.69) is 35.0 Å². The van der Waals surface area contributed by atoms with Gasteiger partial charge in [-0.3, -0.25) is 0 Å². The Morgan fingerprint density at radius 3 is 2.57 bits per heavy atom. The van der Waals surface area contributed by atoms with Gasteiger partial charge in [0.2, 0.25) is 0 Å². The number of benzene rings is 1. The standard InChI is InChI=1S/C18H28BrNO/c1-2-11-21-18-10-9-15(13-16(18)19)17(20)12-14-7-5-3-4-6-8-14/h9-10,13-14,17H,2-8,11-12,20H2,1H3. The van der Waals surface area contributed by atoms with Crippen molar-refractivity contribution in [3.63, 3.8) is 0 Å². The number of hydrogen-bond acceptors (Lipinski definition) is 2. The van der Waals surface area contributed by atoms with Crippen LogP contribution < -0.4 is 10.5 Å². The zero-order valence-corrected chi connectivity index (χ0v) is 14.7. The molecule has 0 heterocycles. The molecule has 2 N–H and O–H groups in total. The lowest BCUT2D eigenvalue weighted by Crippen LogP contribution is -2.15. The molecule has 3 heteroatoms. The summed E-state index contributed by atoms with van der Waals surface area (Å²) in [6.07, 6.45) is 10.4. The van der Waals surface area contributed by atoms with Crippen LogP contribution in [-0.2, 0) is 0 Å². The van der Waals surface area contributed by atoms with Crippen LogP contribution in [0.1, 0.15) is 69.9 Å². The van der Waals surface area contributed by atoms with Crippen LogP contribution in [0, 0.1) is 5.92 Å². The Bertz CT molecular complexity index is 427. The van der Waals surface area contributed by atoms with Crippen molar-refractivity contribution in [1.29, 1.82) is 0 Å². The predicted molar refractivity (Wildman–Crippen MR) is 92.7 cm³/mol. The highest BCUT2D eigenvalue weighted by Gasteiger charge is 2.17. The van der Waals surface area contributed by atoms with Crippen LogP contribution in [0.5, 0.6) is 5.75 Å². The fourth-order valence-corrected chi connectivity index (χ4v) is 3.68. The van der Waals surface area contributed by atoms with Gasteiger partial charge in [0.15, 0.2) is 0 Å². The molecule has 1 fully saturated rings. The van der Waals surface area contributed by atoms with E-state index in [9.17, 15) is 0 Å². The molecular formula is C18H28BrNO. The third-order valence-corrected chi connectivity index (χ3v) is 5.03. The van der Waals surface area contributed by atoms with E-state index in [1.165, 1.54) is 44.1 Å². The van der Waals surface area contributed by atoms with Crippen molar-refractivity contribution >= 4 is 15.9 Å². The van der Waals surface area contributed by atoms with Crippen LogP contribution in [0.15, 0.2) is 22.7 Å². The van der Waals surface area contributed by atoms with Crippen molar-refractivity contribution in [2.24, 2.45) is 11.7 Å². The van der Waals surface area contributed by atoms with Crippen molar-refractivity contribution < 1.29 is 4.74 Å². The highest BCUT2D eigenvalue weighted by Crippen LogP contribution is 2.33. The molecule has 0 spiro atoms. The van der Waals surface area contributed by atoms with E-state index in [1.54, 1.807) is 0 Å². The lowest BCUT2D eigenvalue weighted by molar-refractivity contribution is 0.315. The molecule has 1 aliphatic rings. The molecule has 1 saturated carbocycles. The van der Waals surface area contributed by atoms with Gasteiger partial charge in [-0.15, -0.1) is 0 Å². The van der Waals surface area contributed by atoms with Gasteiger partial charge in [-0.2, -0.15) is 0 Å². The Kier molecular flexibility index (Phi) is 7.05. The number of ether oxygens (including phenoxy) is 1. The molecular weight excluding hydrogens is 326 g/mol. The molecule has 1 aromatic carbocycles. The second-order valence-corrected chi connectivity index (χ2v) is 7.09. The maximum Gasteiger partial charge on any atom is 0.133 e. The summed E-state index contributed by atoms with van der Waals surface area (Å²) in [5.41, 5.74) is 7.65. The van der Waals surface area contributed by atoms with Crippen molar-refractivity contribution in [2.45, 2.75) is 64.3 Å². The monoisotopic (exact) mass is 353 g/mol. The highest BCUT2D eigenvalue weighted by molar-refractivity contribution is 9.10. The zero-order valence-electron chi connectivity index (χ0n) is 13.1. The van der Waals surface area contributed by atoms with Gasteiger partial charge < -0.3 is 10.5 Å². The summed E-state index contributed by atoms with van der Waals surface area (Å²) in [6.45, 7) is 2.87.